The first-order valence-electron chi connectivity index (χ1n) is 8.55. The van der Waals surface area contributed by atoms with Crippen LogP contribution in [0.2, 0.25) is 0 Å². The van der Waals surface area contributed by atoms with Gasteiger partial charge in [-0.2, -0.15) is 0 Å². The lowest BCUT2D eigenvalue weighted by Gasteiger charge is -2.21. The minimum Gasteiger partial charge on any atom is -0.374 e. The molecule has 138 valence electrons. The van der Waals surface area contributed by atoms with Gasteiger partial charge in [0.25, 0.3) is 5.91 Å². The molecule has 0 aliphatic carbocycles. The summed E-state index contributed by atoms with van der Waals surface area (Å²) in [6.07, 6.45) is 3.98. The highest BCUT2D eigenvalue weighted by atomic mass is 16.3. The van der Waals surface area contributed by atoms with Crippen LogP contribution in [0.25, 0.3) is 0 Å². The molecule has 0 aliphatic rings. The summed E-state index contributed by atoms with van der Waals surface area (Å²) in [5.74, 6) is -0.709. The van der Waals surface area contributed by atoms with Crippen molar-refractivity contribution in [2.24, 2.45) is 5.92 Å². The maximum absolute atomic E-state index is 12.6. The van der Waals surface area contributed by atoms with Crippen LogP contribution < -0.4 is 10.6 Å². The molecule has 0 saturated heterocycles. The molecule has 26 heavy (non-hydrogen) atoms. The summed E-state index contributed by atoms with van der Waals surface area (Å²) < 4.78 is 0. The fraction of sp³-hybridized carbons (Fsp3) is 0.368. The summed E-state index contributed by atoms with van der Waals surface area (Å²) in [7, 11) is 0. The Morgan fingerprint density at radius 1 is 1.12 bits per heavy atom. The van der Waals surface area contributed by atoms with Crippen LogP contribution in [0.15, 0.2) is 48.9 Å². The quantitative estimate of drug-likeness (QED) is 0.619. The largest absolute Gasteiger partial charge is 0.374 e. The molecule has 0 spiro atoms. The first-order chi connectivity index (χ1) is 12.5. The standard InChI is InChI=1S/C19H24N4O3/c1-13(2)10-17(24)23-18(25)15(11-14-6-4-3-5-7-14)22-19(26)16-12-20-8-9-21-16/h3-9,12-13,15,17,24H,10-11H2,1-2H3,(H,22,26)(H,23,25)/t15-,17-/m1/s1. The lowest BCUT2D eigenvalue weighted by atomic mass is 10.0. The molecule has 0 fully saturated rings. The van der Waals surface area contributed by atoms with Crippen molar-refractivity contribution in [3.8, 4) is 0 Å². The Morgan fingerprint density at radius 3 is 2.46 bits per heavy atom. The van der Waals surface area contributed by atoms with E-state index in [1.54, 1.807) is 0 Å². The Hall–Kier alpha value is -2.80. The topological polar surface area (TPSA) is 104 Å². The number of hydrogen-bond donors (Lipinski definition) is 3. The minimum atomic E-state index is -0.964. The highest BCUT2D eigenvalue weighted by Gasteiger charge is 2.24. The first-order valence-corrected chi connectivity index (χ1v) is 8.55. The third-order valence-corrected chi connectivity index (χ3v) is 3.70. The number of hydrogen-bond acceptors (Lipinski definition) is 5. The number of aromatic nitrogens is 2. The molecule has 2 rings (SSSR count). The van der Waals surface area contributed by atoms with Gasteiger partial charge in [0.1, 0.15) is 18.0 Å². The van der Waals surface area contributed by atoms with Crippen molar-refractivity contribution in [2.45, 2.75) is 39.0 Å². The summed E-state index contributed by atoms with van der Waals surface area (Å²) >= 11 is 0. The molecule has 0 saturated carbocycles. The van der Waals surface area contributed by atoms with Crippen LogP contribution >= 0.6 is 0 Å². The Morgan fingerprint density at radius 2 is 1.85 bits per heavy atom. The molecule has 0 aliphatic heterocycles. The summed E-state index contributed by atoms with van der Waals surface area (Å²) in [6, 6.07) is 8.51. The molecular formula is C19H24N4O3. The minimum absolute atomic E-state index is 0.126. The van der Waals surface area contributed by atoms with Crippen molar-refractivity contribution >= 4 is 11.8 Å². The Labute approximate surface area is 152 Å². The normalized spacial score (nSPS) is 13.1. The van der Waals surface area contributed by atoms with Gasteiger partial charge in [-0.1, -0.05) is 44.2 Å². The highest BCUT2D eigenvalue weighted by molar-refractivity contribution is 5.96. The average molecular weight is 356 g/mol. The van der Waals surface area contributed by atoms with Crippen LogP contribution in [-0.2, 0) is 11.2 Å². The van der Waals surface area contributed by atoms with Gasteiger partial charge in [0.05, 0.1) is 6.20 Å². The Kier molecular flexibility index (Phi) is 7.23. The molecule has 7 heteroatoms. The molecule has 0 bridgehead atoms. The highest BCUT2D eigenvalue weighted by Crippen LogP contribution is 2.07. The third kappa shape index (κ3) is 6.25. The van der Waals surface area contributed by atoms with E-state index in [4.69, 9.17) is 0 Å². The van der Waals surface area contributed by atoms with Gasteiger partial charge in [0.15, 0.2) is 0 Å². The molecule has 3 N–H and O–H groups in total. The molecule has 0 unspecified atom stereocenters. The molecule has 1 aromatic heterocycles. The monoisotopic (exact) mass is 356 g/mol. The lowest BCUT2D eigenvalue weighted by molar-refractivity contribution is -0.126. The number of carbonyl (C=O) groups is 2. The van der Waals surface area contributed by atoms with Crippen molar-refractivity contribution in [1.29, 1.82) is 0 Å². The number of benzene rings is 1. The van der Waals surface area contributed by atoms with E-state index in [0.29, 0.717) is 12.8 Å². The second-order valence-electron chi connectivity index (χ2n) is 6.46. The van der Waals surface area contributed by atoms with E-state index in [-0.39, 0.29) is 11.6 Å². The van der Waals surface area contributed by atoms with Crippen LogP contribution in [0, 0.1) is 5.92 Å². The average Bonchev–Trinajstić information content (AvgIpc) is 2.62. The van der Waals surface area contributed by atoms with Gasteiger partial charge in [-0.15, -0.1) is 0 Å². The van der Waals surface area contributed by atoms with Crippen LogP contribution in [-0.4, -0.2) is 39.2 Å². The maximum Gasteiger partial charge on any atom is 0.272 e. The maximum atomic E-state index is 12.6. The fourth-order valence-corrected chi connectivity index (χ4v) is 2.48. The van der Waals surface area contributed by atoms with Crippen LogP contribution in [0.4, 0.5) is 0 Å². The van der Waals surface area contributed by atoms with Crippen molar-refractivity contribution < 1.29 is 14.7 Å². The van der Waals surface area contributed by atoms with Crippen LogP contribution in [0.3, 0.4) is 0 Å². The number of carbonyl (C=O) groups excluding carboxylic acids is 2. The molecule has 2 aromatic rings. The Bertz CT molecular complexity index is 707. The number of aliphatic hydroxyl groups is 1. The summed E-state index contributed by atoms with van der Waals surface area (Å²) in [4.78, 5) is 32.7. The molecule has 2 atom stereocenters. The smallest absolute Gasteiger partial charge is 0.272 e. The van der Waals surface area contributed by atoms with E-state index in [1.807, 2.05) is 44.2 Å². The van der Waals surface area contributed by atoms with Gasteiger partial charge in [0.2, 0.25) is 5.91 Å². The van der Waals surface area contributed by atoms with Gasteiger partial charge >= 0.3 is 0 Å². The number of nitrogens with zero attached hydrogens (tertiary/aromatic N) is 2. The van der Waals surface area contributed by atoms with Crippen molar-refractivity contribution in [2.75, 3.05) is 0 Å². The fourth-order valence-electron chi connectivity index (χ4n) is 2.48. The zero-order valence-electron chi connectivity index (χ0n) is 14.9. The lowest BCUT2D eigenvalue weighted by Crippen LogP contribution is -2.51. The van der Waals surface area contributed by atoms with Gasteiger partial charge < -0.3 is 15.7 Å². The second kappa shape index (κ2) is 9.62. The first kappa shape index (κ1) is 19.5. The van der Waals surface area contributed by atoms with Gasteiger partial charge in [-0.05, 0) is 17.9 Å². The van der Waals surface area contributed by atoms with Crippen LogP contribution in [0.5, 0.6) is 0 Å². The number of rotatable bonds is 8. The van der Waals surface area contributed by atoms with Crippen LogP contribution in [0.1, 0.15) is 36.3 Å². The summed E-state index contributed by atoms with van der Waals surface area (Å²) in [6.45, 7) is 3.90. The van der Waals surface area contributed by atoms with E-state index in [1.165, 1.54) is 18.6 Å². The molecule has 2 amide bonds. The van der Waals surface area contributed by atoms with E-state index in [9.17, 15) is 14.7 Å². The number of amides is 2. The molecule has 1 heterocycles. The third-order valence-electron chi connectivity index (χ3n) is 3.70. The Balaban J connectivity index is 2.10. The van der Waals surface area contributed by atoms with E-state index in [0.717, 1.165) is 5.56 Å². The van der Waals surface area contributed by atoms with Crippen molar-refractivity contribution in [1.82, 2.24) is 20.6 Å². The van der Waals surface area contributed by atoms with Gasteiger partial charge in [0, 0.05) is 18.8 Å². The predicted octanol–water partition coefficient (Wildman–Crippen LogP) is 1.30. The number of nitrogens with one attached hydrogen (secondary N) is 2. The molecular weight excluding hydrogens is 332 g/mol. The summed E-state index contributed by atoms with van der Waals surface area (Å²) in [5.41, 5.74) is 1.02. The van der Waals surface area contributed by atoms with Gasteiger partial charge in [-0.3, -0.25) is 14.6 Å². The van der Waals surface area contributed by atoms with E-state index >= 15 is 0 Å². The molecule has 0 radical (unpaired) electrons. The molecule has 1 aromatic carbocycles. The summed E-state index contributed by atoms with van der Waals surface area (Å²) in [5, 5.41) is 15.2. The SMILES string of the molecule is CC(C)C[C@@H](O)NC(=O)[C@@H](Cc1ccccc1)NC(=O)c1cnccn1. The van der Waals surface area contributed by atoms with Crippen molar-refractivity contribution in [3.63, 3.8) is 0 Å². The molecule has 7 nitrogen and oxygen atoms in total. The zero-order valence-corrected chi connectivity index (χ0v) is 14.9. The number of aliphatic hydroxyl groups excluding tert-OH is 1. The van der Waals surface area contributed by atoms with Crippen molar-refractivity contribution in [3.05, 3.63) is 60.2 Å². The second-order valence-corrected chi connectivity index (χ2v) is 6.46. The predicted molar refractivity (Wildman–Crippen MR) is 97.0 cm³/mol. The van der Waals surface area contributed by atoms with E-state index in [2.05, 4.69) is 20.6 Å². The zero-order chi connectivity index (χ0) is 18.9. The van der Waals surface area contributed by atoms with Gasteiger partial charge in [-0.25, -0.2) is 4.98 Å². The van der Waals surface area contributed by atoms with E-state index < -0.39 is 24.1 Å².